The van der Waals surface area contributed by atoms with Gasteiger partial charge in [0.1, 0.15) is 0 Å². The Morgan fingerprint density at radius 1 is 1.05 bits per heavy atom. The minimum atomic E-state index is -0.351. The third-order valence-electron chi connectivity index (χ3n) is 3.60. The van der Waals surface area contributed by atoms with Crippen LogP contribution in [0.2, 0.25) is 0 Å². The molecule has 4 nitrogen and oxygen atoms in total. The van der Waals surface area contributed by atoms with Crippen LogP contribution in [0.4, 0.5) is 5.69 Å². The zero-order chi connectivity index (χ0) is 15.3. The van der Waals surface area contributed by atoms with Gasteiger partial charge < -0.3 is 10.2 Å². The average Bonchev–Trinajstić information content (AvgIpc) is 2.38. The zero-order valence-electron chi connectivity index (χ0n) is 13.5. The van der Waals surface area contributed by atoms with E-state index in [1.165, 1.54) is 0 Å². The summed E-state index contributed by atoms with van der Waals surface area (Å²) in [6.07, 6.45) is 2.14. The molecule has 0 aliphatic heterocycles. The monoisotopic (exact) mass is 280 g/mol. The van der Waals surface area contributed by atoms with Crippen molar-refractivity contribution in [3.05, 3.63) is 26.0 Å². The molecule has 0 radical (unpaired) electrons. The highest BCUT2D eigenvalue weighted by molar-refractivity contribution is 5.59. The van der Waals surface area contributed by atoms with Crippen LogP contribution in [0, 0.1) is 0 Å². The molecule has 0 aliphatic rings. The summed E-state index contributed by atoms with van der Waals surface area (Å²) in [6, 6.07) is 0. The minimum absolute atomic E-state index is 0.259. The summed E-state index contributed by atoms with van der Waals surface area (Å²) < 4.78 is 0. The van der Waals surface area contributed by atoms with Gasteiger partial charge in [0.25, 0.3) is 0 Å². The second-order valence-corrected chi connectivity index (χ2v) is 6.37. The molecule has 0 bridgehead atoms. The van der Waals surface area contributed by atoms with Crippen LogP contribution in [0.25, 0.3) is 0 Å². The van der Waals surface area contributed by atoms with E-state index in [2.05, 4.69) is 24.1 Å². The van der Waals surface area contributed by atoms with Gasteiger partial charge in [-0.05, 0) is 37.9 Å². The largest absolute Gasteiger partial charge is 0.381 e. The van der Waals surface area contributed by atoms with Gasteiger partial charge in [-0.1, -0.05) is 34.6 Å². The van der Waals surface area contributed by atoms with E-state index < -0.39 is 0 Å². The highest BCUT2D eigenvalue weighted by atomic mass is 16.2. The van der Waals surface area contributed by atoms with E-state index in [0.717, 1.165) is 39.0 Å². The van der Waals surface area contributed by atoms with Gasteiger partial charge >= 0.3 is 0 Å². The lowest BCUT2D eigenvalue weighted by molar-refractivity contribution is 0.288. The second kappa shape index (κ2) is 7.02. The number of rotatable bonds is 8. The van der Waals surface area contributed by atoms with Crippen molar-refractivity contribution in [2.75, 3.05) is 31.5 Å². The van der Waals surface area contributed by atoms with Gasteiger partial charge in [0, 0.05) is 12.1 Å². The molecular formula is C16H28N2O2. The Kier molecular flexibility index (Phi) is 5.93. The second-order valence-electron chi connectivity index (χ2n) is 6.37. The SMILES string of the molecule is CCCN(CC)CCCNc1c(C(C)(C)C)c(=O)c1=O. The number of anilines is 1. The van der Waals surface area contributed by atoms with Gasteiger partial charge in [-0.3, -0.25) is 9.59 Å². The quantitative estimate of drug-likeness (QED) is 0.585. The first kappa shape index (κ1) is 16.9. The molecule has 4 heteroatoms. The Morgan fingerprint density at radius 3 is 2.20 bits per heavy atom. The van der Waals surface area contributed by atoms with Crippen molar-refractivity contribution in [3.8, 4) is 0 Å². The molecule has 0 saturated carbocycles. The summed E-state index contributed by atoms with van der Waals surface area (Å²) in [5, 5.41) is 3.16. The van der Waals surface area contributed by atoms with Gasteiger partial charge in [0.15, 0.2) is 0 Å². The van der Waals surface area contributed by atoms with Crippen molar-refractivity contribution in [1.82, 2.24) is 4.90 Å². The van der Waals surface area contributed by atoms with Crippen molar-refractivity contribution in [3.63, 3.8) is 0 Å². The van der Waals surface area contributed by atoms with Crippen LogP contribution in [0.15, 0.2) is 9.59 Å². The fourth-order valence-electron chi connectivity index (χ4n) is 2.54. The molecule has 0 amide bonds. The molecule has 0 unspecified atom stereocenters. The summed E-state index contributed by atoms with van der Waals surface area (Å²) in [6.45, 7) is 14.2. The lowest BCUT2D eigenvalue weighted by Gasteiger charge is -2.24. The molecular weight excluding hydrogens is 252 g/mol. The summed E-state index contributed by atoms with van der Waals surface area (Å²) in [5.41, 5.74) is 0.270. The van der Waals surface area contributed by atoms with Gasteiger partial charge in [-0.25, -0.2) is 0 Å². The van der Waals surface area contributed by atoms with E-state index in [9.17, 15) is 9.59 Å². The number of hydrogen-bond acceptors (Lipinski definition) is 4. The number of hydrogen-bond donors (Lipinski definition) is 1. The molecule has 1 N–H and O–H groups in total. The lowest BCUT2D eigenvalue weighted by Crippen LogP contribution is -2.43. The van der Waals surface area contributed by atoms with Crippen molar-refractivity contribution < 1.29 is 0 Å². The molecule has 1 aromatic carbocycles. The molecule has 0 aliphatic carbocycles. The van der Waals surface area contributed by atoms with Gasteiger partial charge in [-0.2, -0.15) is 0 Å². The third-order valence-corrected chi connectivity index (χ3v) is 3.60. The Bertz CT molecular complexity index is 493. The molecule has 1 aromatic rings. The van der Waals surface area contributed by atoms with Crippen LogP contribution >= 0.6 is 0 Å². The summed E-state index contributed by atoms with van der Waals surface area (Å²) in [4.78, 5) is 25.7. The van der Waals surface area contributed by atoms with E-state index >= 15 is 0 Å². The first-order valence-corrected chi connectivity index (χ1v) is 7.62. The molecule has 0 heterocycles. The molecule has 1 rings (SSSR count). The van der Waals surface area contributed by atoms with E-state index in [0.29, 0.717) is 11.3 Å². The number of nitrogens with one attached hydrogen (secondary N) is 1. The van der Waals surface area contributed by atoms with Crippen molar-refractivity contribution in [2.45, 2.75) is 52.9 Å². The maximum atomic E-state index is 11.6. The van der Waals surface area contributed by atoms with E-state index in [-0.39, 0.29) is 16.3 Å². The Hall–Kier alpha value is -1.16. The highest BCUT2D eigenvalue weighted by Crippen LogP contribution is 2.25. The Balaban J connectivity index is 2.50. The zero-order valence-corrected chi connectivity index (χ0v) is 13.5. The summed E-state index contributed by atoms with van der Waals surface area (Å²) in [7, 11) is 0. The molecule has 0 saturated heterocycles. The van der Waals surface area contributed by atoms with Crippen molar-refractivity contribution in [1.29, 1.82) is 0 Å². The summed E-state index contributed by atoms with van der Waals surface area (Å²) in [5.74, 6) is 0. The van der Waals surface area contributed by atoms with Crippen LogP contribution in [0.1, 0.15) is 53.0 Å². The lowest BCUT2D eigenvalue weighted by atomic mass is 9.82. The van der Waals surface area contributed by atoms with Gasteiger partial charge in [0.2, 0.25) is 10.9 Å². The number of nitrogens with zero attached hydrogens (tertiary/aromatic N) is 1. The maximum Gasteiger partial charge on any atom is 0.249 e. The average molecular weight is 280 g/mol. The standard InChI is InChI=1S/C16H28N2O2/c1-6-10-18(7-2)11-8-9-17-13-12(16(3,4)5)14(19)15(13)20/h17H,6-11H2,1-5H3. The molecule has 114 valence electrons. The Morgan fingerprint density at radius 2 is 1.70 bits per heavy atom. The van der Waals surface area contributed by atoms with Gasteiger partial charge in [-0.15, -0.1) is 0 Å². The molecule has 0 spiro atoms. The predicted octanol–water partition coefficient (Wildman–Crippen LogP) is 2.11. The molecule has 0 atom stereocenters. The molecule has 0 aromatic heterocycles. The normalized spacial score (nSPS) is 12.3. The fourth-order valence-corrected chi connectivity index (χ4v) is 2.54. The smallest absolute Gasteiger partial charge is 0.249 e. The molecule has 0 fully saturated rings. The van der Waals surface area contributed by atoms with Crippen LogP contribution < -0.4 is 16.2 Å². The third kappa shape index (κ3) is 3.92. The van der Waals surface area contributed by atoms with Crippen LogP contribution in [0.3, 0.4) is 0 Å². The fraction of sp³-hybridized carbons (Fsp3) is 0.750. The highest BCUT2D eigenvalue weighted by Gasteiger charge is 2.29. The van der Waals surface area contributed by atoms with Crippen LogP contribution in [-0.4, -0.2) is 31.1 Å². The van der Waals surface area contributed by atoms with Crippen molar-refractivity contribution in [2.24, 2.45) is 0 Å². The van der Waals surface area contributed by atoms with Gasteiger partial charge in [0.05, 0.1) is 5.69 Å². The first-order valence-electron chi connectivity index (χ1n) is 7.62. The Labute approximate surface area is 121 Å². The van der Waals surface area contributed by atoms with Crippen LogP contribution in [-0.2, 0) is 5.41 Å². The van der Waals surface area contributed by atoms with Crippen molar-refractivity contribution >= 4 is 5.69 Å². The van der Waals surface area contributed by atoms with E-state index in [1.54, 1.807) is 0 Å². The van der Waals surface area contributed by atoms with E-state index in [4.69, 9.17) is 0 Å². The first-order chi connectivity index (χ1) is 9.32. The minimum Gasteiger partial charge on any atom is -0.381 e. The topological polar surface area (TPSA) is 49.4 Å². The summed E-state index contributed by atoms with van der Waals surface area (Å²) >= 11 is 0. The van der Waals surface area contributed by atoms with Crippen LogP contribution in [0.5, 0.6) is 0 Å². The molecule has 20 heavy (non-hydrogen) atoms. The van der Waals surface area contributed by atoms with E-state index in [1.807, 2.05) is 20.8 Å². The maximum absolute atomic E-state index is 11.6. The predicted molar refractivity (Wildman–Crippen MR) is 85.6 cm³/mol.